The summed E-state index contributed by atoms with van der Waals surface area (Å²) < 4.78 is 77.5. The lowest BCUT2D eigenvalue weighted by molar-refractivity contribution is -0.137. The zero-order valence-corrected chi connectivity index (χ0v) is 70.7. The maximum Gasteiger partial charge on any atom is 0.418 e. The van der Waals surface area contributed by atoms with E-state index in [1.807, 2.05) is 0 Å². The number of alkyl halides is 3. The van der Waals surface area contributed by atoms with Gasteiger partial charge in [-0.1, -0.05) is 120 Å². The molecule has 0 saturated heterocycles. The second-order valence-electron chi connectivity index (χ2n) is 30.5. The first-order chi connectivity index (χ1) is 60.2. The molecule has 0 aliphatic heterocycles. The summed E-state index contributed by atoms with van der Waals surface area (Å²) in [7, 11) is -3.33. The summed E-state index contributed by atoms with van der Waals surface area (Å²) in [6, 6.07) is 28.8. The Labute approximate surface area is 729 Å². The molecule has 6 aromatic heterocycles. The van der Waals surface area contributed by atoms with Crippen LogP contribution in [0.25, 0.3) is 0 Å². The normalized spacial score (nSPS) is 15.2. The van der Waals surface area contributed by atoms with E-state index in [9.17, 15) is 65.3 Å². The number of nitrogens with zero attached hydrogens (tertiary/aromatic N) is 11. The predicted octanol–water partition coefficient (Wildman–Crippen LogP) is 17.7. The highest BCUT2D eigenvalue weighted by Crippen LogP contribution is 2.39. The Hall–Kier alpha value is -12.8. The monoisotopic (exact) mass is 1780 g/mol. The van der Waals surface area contributed by atoms with E-state index in [4.69, 9.17) is 23.2 Å². The van der Waals surface area contributed by atoms with Crippen molar-refractivity contribution in [2.24, 2.45) is 0 Å². The fourth-order valence-corrected chi connectivity index (χ4v) is 15.5. The Balaban J connectivity index is 0.000000152. The third kappa shape index (κ3) is 30.6. The van der Waals surface area contributed by atoms with Gasteiger partial charge in [0.15, 0.2) is 17.3 Å². The molecule has 0 unspecified atom stereocenters. The number of aromatic nitrogens is 11. The van der Waals surface area contributed by atoms with E-state index >= 15 is 0 Å². The number of aromatic hydroxyl groups is 3. The fourth-order valence-electron chi connectivity index (χ4n) is 14.4. The highest BCUT2D eigenvalue weighted by Gasteiger charge is 2.35. The molecule has 0 spiro atoms. The number of benzene rings is 4. The molecule has 0 bridgehead atoms. The zero-order valence-electron chi connectivity index (χ0n) is 68.4. The van der Waals surface area contributed by atoms with Gasteiger partial charge in [-0.3, -0.25) is 33.7 Å². The number of phenols is 3. The summed E-state index contributed by atoms with van der Waals surface area (Å²) in [6.45, 7) is 0. The molecule has 5 fully saturated rings. The van der Waals surface area contributed by atoms with Crippen molar-refractivity contribution in [3.05, 3.63) is 209 Å². The van der Waals surface area contributed by atoms with Gasteiger partial charge < -0.3 is 68.5 Å². The molecule has 10 aromatic rings. The van der Waals surface area contributed by atoms with E-state index in [1.54, 1.807) is 73.1 Å². The third-order valence-corrected chi connectivity index (χ3v) is 21.9. The van der Waals surface area contributed by atoms with Crippen molar-refractivity contribution in [3.63, 3.8) is 0 Å². The van der Waals surface area contributed by atoms with Crippen LogP contribution in [0.15, 0.2) is 159 Å². The van der Waals surface area contributed by atoms with Crippen molar-refractivity contribution in [2.75, 3.05) is 64.1 Å². The van der Waals surface area contributed by atoms with Crippen LogP contribution in [0.1, 0.15) is 219 Å². The van der Waals surface area contributed by atoms with Crippen LogP contribution in [-0.2, 0) is 16.2 Å². The Morgan fingerprint density at radius 3 is 1.00 bits per heavy atom. The molecule has 0 atom stereocenters. The Kier molecular flexibility index (Phi) is 34.3. The van der Waals surface area contributed by atoms with Gasteiger partial charge in [-0.2, -0.15) is 13.2 Å². The van der Waals surface area contributed by atoms with Gasteiger partial charge in [-0.25, -0.2) is 62.6 Å². The minimum Gasteiger partial charge on any atom is -0.508 e. The quantitative estimate of drug-likeness (QED) is 0.0221. The van der Waals surface area contributed by atoms with Crippen LogP contribution in [0.4, 0.5) is 80.8 Å². The lowest BCUT2D eigenvalue weighted by Crippen LogP contribution is -2.23. The largest absolute Gasteiger partial charge is 0.508 e. The number of sulfonamides is 1. The number of halogens is 6. The average Bonchev–Trinajstić information content (AvgIpc) is 0.823. The molecule has 5 aliphatic rings. The molecular formula is C86H98Cl2F4N22O10S. The molecule has 5 aliphatic carbocycles. The van der Waals surface area contributed by atoms with Crippen LogP contribution in [-0.4, -0.2) is 145 Å². The highest BCUT2D eigenvalue weighted by atomic mass is 35.5. The summed E-state index contributed by atoms with van der Waals surface area (Å²) in [6.07, 6.45) is 35.5. The standard InChI is InChI=1S/C18H19F3N4O2.C18H23N5O3S.C17H18Cl2N4O2.C17H19FN4O2.C16H19N5O/c19-18(20,21)13-8-12(26)6-7-14(13)25-17(27)15-9-16(23-10-22-15)24-11-4-2-1-3-5-11;1-27(25,26)23-15-9-7-14(8-10-15)22-18(24)16-11-17(20-12-19-16)21-13-5-3-2-4-6-13;18-12-6-11(7-13(19)16(12)24)23-17(25)14-8-15(21-9-20-14)22-10-4-2-1-3-5-10;18-13-8-12(6-7-15(13)23)22-17(24)14-9-16(20-10-19-14)21-11-4-2-1-3-5-11;22-16(21-13-6-8-17-9-7-13)14-10-15(19-11-18-14)20-12-4-2-1-3-5-12/h6-11,26H,1-5H2,(H,25,27)(H,22,23,24);7-13,23H,2-6H2,1H3,(H,22,24)(H,19,20,21);6-10,24H,1-5H2,(H,23,25)(H,20,21,22);6-11,23H,1-5H2,(H,22,24)(H,19,20,21);6-12H,1-5H2,(H,17,21,22)(H,18,19,20). The number of amides is 5. The molecule has 0 radical (unpaired) electrons. The summed E-state index contributed by atoms with van der Waals surface area (Å²) in [5.74, 6) is -1.23. The van der Waals surface area contributed by atoms with Crippen LogP contribution in [0.5, 0.6) is 17.2 Å². The SMILES string of the molecule is CS(=O)(=O)Nc1ccc(NC(=O)c2cc(NC3CCCCC3)ncn2)cc1.O=C(Nc1cc(Cl)c(O)c(Cl)c1)c1cc(NC2CCCCC2)ncn1.O=C(Nc1ccc(O)c(F)c1)c1cc(NC2CCCCC2)ncn1.O=C(Nc1ccc(O)cc1C(F)(F)F)c1cc(NC2CCCCC2)ncn1.O=C(Nc1ccncc1)c1cc(NC2CCCCC2)ncn1. The minimum absolute atomic E-state index is 0.0514. The fraction of sp³-hybridized carbons (Fsp3) is 0.372. The number of carbonyl (C=O) groups is 5. The Morgan fingerprint density at radius 2 is 0.672 bits per heavy atom. The van der Waals surface area contributed by atoms with Crippen molar-refractivity contribution in [2.45, 2.75) is 197 Å². The van der Waals surface area contributed by atoms with E-state index in [-0.39, 0.29) is 62.1 Å². The maximum absolute atomic E-state index is 13.3. The van der Waals surface area contributed by atoms with E-state index < -0.39 is 62.5 Å². The summed E-state index contributed by atoms with van der Waals surface area (Å²) in [4.78, 5) is 106. The number of carbonyl (C=O) groups excluding carboxylic acids is 5. The van der Waals surface area contributed by atoms with Gasteiger partial charge in [-0.15, -0.1) is 0 Å². The second-order valence-corrected chi connectivity index (χ2v) is 33.0. The van der Waals surface area contributed by atoms with Crippen molar-refractivity contribution in [3.8, 4) is 17.2 Å². The van der Waals surface area contributed by atoms with Gasteiger partial charge >= 0.3 is 6.18 Å². The number of phenolic OH excluding ortho intramolecular Hbond substituents is 3. The molecule has 15 rings (SSSR count). The van der Waals surface area contributed by atoms with E-state index in [0.717, 1.165) is 102 Å². The van der Waals surface area contributed by atoms with E-state index in [1.165, 1.54) is 145 Å². The number of nitrogens with one attached hydrogen (secondary N) is 11. The van der Waals surface area contributed by atoms with E-state index in [0.29, 0.717) is 87.8 Å². The summed E-state index contributed by atoms with van der Waals surface area (Å²) in [5.41, 5.74) is 1.68. The van der Waals surface area contributed by atoms with E-state index in [2.05, 4.69) is 113 Å². The molecule has 4 aromatic carbocycles. The van der Waals surface area contributed by atoms with Gasteiger partial charge in [0.25, 0.3) is 29.5 Å². The topological polar surface area (TPSA) is 454 Å². The Bertz CT molecular complexity index is 5360. The van der Waals surface area contributed by atoms with Crippen molar-refractivity contribution >= 4 is 126 Å². The smallest absolute Gasteiger partial charge is 0.418 e. The summed E-state index contributed by atoms with van der Waals surface area (Å²) >= 11 is 11.7. The van der Waals surface area contributed by atoms with Crippen LogP contribution < -0.4 is 57.9 Å². The van der Waals surface area contributed by atoms with Crippen molar-refractivity contribution in [1.29, 1.82) is 0 Å². The lowest BCUT2D eigenvalue weighted by atomic mass is 9.95. The molecule has 125 heavy (non-hydrogen) atoms. The molecule has 5 amide bonds. The highest BCUT2D eigenvalue weighted by molar-refractivity contribution is 7.92. The van der Waals surface area contributed by atoms with Crippen molar-refractivity contribution < 1.29 is 65.3 Å². The van der Waals surface area contributed by atoms with Crippen LogP contribution in [0, 0.1) is 5.82 Å². The number of pyridine rings is 1. The zero-order chi connectivity index (χ0) is 88.7. The first-order valence-corrected chi connectivity index (χ1v) is 43.9. The minimum atomic E-state index is -4.72. The van der Waals surface area contributed by atoms with Crippen LogP contribution in [0.3, 0.4) is 0 Å². The average molecular weight is 1780 g/mol. The molecule has 39 heteroatoms. The molecule has 6 heterocycles. The molecule has 14 N–H and O–H groups in total. The molecule has 32 nitrogen and oxygen atoms in total. The van der Waals surface area contributed by atoms with Gasteiger partial charge in [0, 0.05) is 107 Å². The van der Waals surface area contributed by atoms with Gasteiger partial charge in [0.2, 0.25) is 10.0 Å². The first-order valence-electron chi connectivity index (χ1n) is 41.2. The van der Waals surface area contributed by atoms with Crippen molar-refractivity contribution in [1.82, 2.24) is 54.8 Å². The third-order valence-electron chi connectivity index (χ3n) is 20.7. The summed E-state index contributed by atoms with van der Waals surface area (Å²) in [5, 5.41) is 57.8. The lowest BCUT2D eigenvalue weighted by Gasteiger charge is -2.23. The number of anilines is 11. The number of hydrogen-bond acceptors (Lipinski definition) is 26. The number of rotatable bonds is 22. The molecule has 5 saturated carbocycles. The molecule has 660 valence electrons. The van der Waals surface area contributed by atoms with Gasteiger partial charge in [0.1, 0.15) is 94.9 Å². The second kappa shape index (κ2) is 46.1. The maximum atomic E-state index is 13.3. The first kappa shape index (κ1) is 92.9. The van der Waals surface area contributed by atoms with Crippen LogP contribution >= 0.6 is 23.2 Å². The molecular weight excluding hydrogens is 1680 g/mol. The van der Waals surface area contributed by atoms with Gasteiger partial charge in [-0.05, 0) is 143 Å². The van der Waals surface area contributed by atoms with Crippen LogP contribution in [0.2, 0.25) is 10.0 Å². The van der Waals surface area contributed by atoms with Gasteiger partial charge in [0.05, 0.1) is 27.6 Å². The predicted molar refractivity (Wildman–Crippen MR) is 471 cm³/mol. The number of hydrogen-bond donors (Lipinski definition) is 14. The Morgan fingerprint density at radius 1 is 0.368 bits per heavy atom.